The lowest BCUT2D eigenvalue weighted by molar-refractivity contribution is -0.134. The fourth-order valence-electron chi connectivity index (χ4n) is 3.47. The fraction of sp³-hybridized carbons (Fsp3) is 0.143. The Morgan fingerprint density at radius 2 is 1.92 bits per heavy atom. The number of nitrogens with zero attached hydrogens (tertiary/aromatic N) is 2. The molecule has 2 aliphatic heterocycles. The van der Waals surface area contributed by atoms with Gasteiger partial charge in [0.2, 0.25) is 5.91 Å². The number of benzene rings is 2. The molecule has 0 saturated carbocycles. The van der Waals surface area contributed by atoms with Crippen molar-refractivity contribution < 1.29 is 14.3 Å². The van der Waals surface area contributed by atoms with Crippen molar-refractivity contribution in [1.29, 1.82) is 0 Å². The summed E-state index contributed by atoms with van der Waals surface area (Å²) in [6, 6.07) is 15.8. The van der Waals surface area contributed by atoms with E-state index in [-0.39, 0.29) is 12.1 Å². The quantitative estimate of drug-likeness (QED) is 0.632. The van der Waals surface area contributed by atoms with Crippen LogP contribution in [0.4, 0.5) is 5.69 Å². The highest BCUT2D eigenvalue weighted by molar-refractivity contribution is 6.02. The Hall–Kier alpha value is -3.34. The third-order valence-electron chi connectivity index (χ3n) is 4.67. The van der Waals surface area contributed by atoms with Crippen LogP contribution >= 0.6 is 0 Å². The van der Waals surface area contributed by atoms with E-state index in [0.29, 0.717) is 6.42 Å². The maximum Gasteiger partial charge on any atom is 0.331 e. The Balaban J connectivity index is 1.81. The van der Waals surface area contributed by atoms with Crippen molar-refractivity contribution in [1.82, 2.24) is 4.90 Å². The van der Waals surface area contributed by atoms with E-state index in [1.165, 1.54) is 13.2 Å². The highest BCUT2D eigenvalue weighted by Crippen LogP contribution is 2.41. The first kappa shape index (κ1) is 16.1. The van der Waals surface area contributed by atoms with Crippen molar-refractivity contribution in [2.75, 3.05) is 12.0 Å². The van der Waals surface area contributed by atoms with Crippen molar-refractivity contribution >= 4 is 23.6 Å². The summed E-state index contributed by atoms with van der Waals surface area (Å²) in [6.07, 6.45) is 6.89. The minimum Gasteiger partial charge on any atom is -0.466 e. The van der Waals surface area contributed by atoms with Crippen LogP contribution in [0.1, 0.15) is 22.9 Å². The Morgan fingerprint density at radius 1 is 1.15 bits per heavy atom. The van der Waals surface area contributed by atoms with E-state index >= 15 is 0 Å². The van der Waals surface area contributed by atoms with E-state index in [9.17, 15) is 9.59 Å². The topological polar surface area (TPSA) is 49.9 Å². The van der Waals surface area contributed by atoms with Gasteiger partial charge in [-0.05, 0) is 23.3 Å². The molecule has 0 aliphatic carbocycles. The van der Waals surface area contributed by atoms with E-state index in [4.69, 9.17) is 4.74 Å². The van der Waals surface area contributed by atoms with Crippen molar-refractivity contribution in [3.05, 3.63) is 83.7 Å². The number of methoxy groups -OCH3 is 1. The van der Waals surface area contributed by atoms with Gasteiger partial charge in [0.25, 0.3) is 0 Å². The molecule has 1 unspecified atom stereocenters. The molecule has 1 atom stereocenters. The summed E-state index contributed by atoms with van der Waals surface area (Å²) in [4.78, 5) is 28.1. The summed E-state index contributed by atoms with van der Waals surface area (Å²) >= 11 is 0. The normalized spacial score (nSPS) is 18.2. The first-order valence-electron chi connectivity index (χ1n) is 8.40. The molecule has 0 spiro atoms. The van der Waals surface area contributed by atoms with Crippen LogP contribution in [0.15, 0.2) is 67.0 Å². The van der Waals surface area contributed by atoms with Crippen molar-refractivity contribution in [3.8, 4) is 0 Å². The molecule has 0 fully saturated rings. The molecule has 5 nitrogen and oxygen atoms in total. The maximum absolute atomic E-state index is 12.8. The summed E-state index contributed by atoms with van der Waals surface area (Å²) in [7, 11) is 1.34. The van der Waals surface area contributed by atoms with Gasteiger partial charge in [-0.25, -0.2) is 4.79 Å². The van der Waals surface area contributed by atoms with Gasteiger partial charge < -0.3 is 9.64 Å². The van der Waals surface area contributed by atoms with Crippen LogP contribution < -0.4 is 4.90 Å². The molecule has 2 heterocycles. The van der Waals surface area contributed by atoms with E-state index < -0.39 is 5.97 Å². The van der Waals surface area contributed by atoms with Gasteiger partial charge in [-0.1, -0.05) is 42.5 Å². The predicted octanol–water partition coefficient (Wildman–Crippen LogP) is 3.25. The average Bonchev–Trinajstić information content (AvgIpc) is 3.01. The van der Waals surface area contributed by atoms with Crippen LogP contribution in [-0.4, -0.2) is 23.9 Å². The molecule has 1 amide bonds. The fourth-order valence-corrected chi connectivity index (χ4v) is 3.47. The summed E-state index contributed by atoms with van der Waals surface area (Å²) < 4.78 is 4.69. The molecule has 0 N–H and O–H groups in total. The van der Waals surface area contributed by atoms with E-state index in [1.54, 1.807) is 11.1 Å². The lowest BCUT2D eigenvalue weighted by atomic mass is 10.00. The van der Waals surface area contributed by atoms with Gasteiger partial charge in [0.1, 0.15) is 6.17 Å². The van der Waals surface area contributed by atoms with Gasteiger partial charge in [-0.15, -0.1) is 0 Å². The molecule has 2 aromatic rings. The smallest absolute Gasteiger partial charge is 0.331 e. The number of amides is 1. The molecule has 4 rings (SSSR count). The molecule has 26 heavy (non-hydrogen) atoms. The SMILES string of the molecule is COC(=O)/C=C/N1C=Cc2ccccc2C1N1C(=O)Cc2ccccc21. The highest BCUT2D eigenvalue weighted by atomic mass is 16.5. The standard InChI is InChI=1S/C21H18N2O3/c1-26-20(25)11-13-22-12-10-15-6-2-4-8-17(15)21(22)23-18-9-5-3-7-16(18)14-19(23)24/h2-13,21H,14H2,1H3/b13-11+. The zero-order valence-electron chi connectivity index (χ0n) is 14.3. The summed E-state index contributed by atoms with van der Waals surface area (Å²) in [6.45, 7) is 0. The summed E-state index contributed by atoms with van der Waals surface area (Å²) in [5.74, 6) is -0.401. The van der Waals surface area contributed by atoms with E-state index in [1.807, 2.05) is 65.7 Å². The first-order valence-corrected chi connectivity index (χ1v) is 8.40. The second-order valence-corrected chi connectivity index (χ2v) is 6.17. The number of carbonyl (C=O) groups excluding carboxylic acids is 2. The lowest BCUT2D eigenvalue weighted by Gasteiger charge is -2.38. The zero-order chi connectivity index (χ0) is 18.1. The summed E-state index contributed by atoms with van der Waals surface area (Å²) in [5.41, 5.74) is 3.98. The van der Waals surface area contributed by atoms with Gasteiger partial charge in [0.15, 0.2) is 0 Å². The highest BCUT2D eigenvalue weighted by Gasteiger charge is 2.37. The average molecular weight is 346 g/mol. The zero-order valence-corrected chi connectivity index (χ0v) is 14.3. The van der Waals surface area contributed by atoms with Gasteiger partial charge in [0.05, 0.1) is 13.5 Å². The van der Waals surface area contributed by atoms with Gasteiger partial charge in [-0.3, -0.25) is 9.69 Å². The van der Waals surface area contributed by atoms with Crippen LogP contribution in [0, 0.1) is 0 Å². The maximum atomic E-state index is 12.8. The molecule has 2 aliphatic rings. The van der Waals surface area contributed by atoms with Crippen LogP contribution in [0.25, 0.3) is 6.08 Å². The van der Waals surface area contributed by atoms with Crippen LogP contribution in [0.3, 0.4) is 0 Å². The van der Waals surface area contributed by atoms with Gasteiger partial charge in [-0.2, -0.15) is 0 Å². The monoisotopic (exact) mass is 346 g/mol. The number of carbonyl (C=O) groups is 2. The number of anilines is 1. The third-order valence-corrected chi connectivity index (χ3v) is 4.67. The lowest BCUT2D eigenvalue weighted by Crippen LogP contribution is -2.40. The van der Waals surface area contributed by atoms with Crippen LogP contribution in [-0.2, 0) is 20.7 Å². The van der Waals surface area contributed by atoms with Gasteiger partial charge >= 0.3 is 5.97 Å². The number of hydrogen-bond donors (Lipinski definition) is 0. The number of fused-ring (bicyclic) bond motifs is 2. The first-order chi connectivity index (χ1) is 12.7. The number of rotatable bonds is 3. The van der Waals surface area contributed by atoms with E-state index in [0.717, 1.165) is 22.4 Å². The molecule has 130 valence electrons. The van der Waals surface area contributed by atoms with E-state index in [2.05, 4.69) is 0 Å². The molecule has 0 saturated heterocycles. The molecule has 0 bridgehead atoms. The van der Waals surface area contributed by atoms with Gasteiger partial charge in [0, 0.05) is 29.7 Å². The number of esters is 1. The summed E-state index contributed by atoms with van der Waals surface area (Å²) in [5, 5.41) is 0. The second kappa shape index (κ2) is 6.52. The molecule has 2 aromatic carbocycles. The van der Waals surface area contributed by atoms with Crippen molar-refractivity contribution in [3.63, 3.8) is 0 Å². The number of hydrogen-bond acceptors (Lipinski definition) is 4. The second-order valence-electron chi connectivity index (χ2n) is 6.17. The number of ether oxygens (including phenoxy) is 1. The van der Waals surface area contributed by atoms with Crippen molar-refractivity contribution in [2.45, 2.75) is 12.6 Å². The Bertz CT molecular complexity index is 932. The molecular weight excluding hydrogens is 328 g/mol. The number of para-hydroxylation sites is 1. The molecule has 0 radical (unpaired) electrons. The van der Waals surface area contributed by atoms with Crippen molar-refractivity contribution in [2.24, 2.45) is 0 Å². The molecule has 5 heteroatoms. The van der Waals surface area contributed by atoms with Crippen LogP contribution in [0.2, 0.25) is 0 Å². The predicted molar refractivity (Wildman–Crippen MR) is 98.8 cm³/mol. The largest absolute Gasteiger partial charge is 0.466 e. The minimum absolute atomic E-state index is 0.0396. The van der Waals surface area contributed by atoms with Crippen LogP contribution in [0.5, 0.6) is 0 Å². The Labute approximate surface area is 151 Å². The Kier molecular flexibility index (Phi) is 4.05. The Morgan fingerprint density at radius 3 is 2.77 bits per heavy atom. The molecule has 0 aromatic heterocycles. The molecular formula is C21H18N2O3. The minimum atomic E-state index is -0.441. The third kappa shape index (κ3) is 2.67.